The van der Waals surface area contributed by atoms with Crippen molar-refractivity contribution in [2.45, 2.75) is 19.5 Å². The second-order valence-corrected chi connectivity index (χ2v) is 3.81. The summed E-state index contributed by atoms with van der Waals surface area (Å²) in [6.07, 6.45) is 8.91. The van der Waals surface area contributed by atoms with E-state index in [1.165, 1.54) is 0 Å². The highest BCUT2D eigenvalue weighted by molar-refractivity contribution is 5.51. The number of nitrogens with one attached hydrogen (secondary N) is 1. The van der Waals surface area contributed by atoms with Crippen LogP contribution in [0.1, 0.15) is 6.92 Å². The quantitative estimate of drug-likeness (QED) is 0.811. The summed E-state index contributed by atoms with van der Waals surface area (Å²) in [6, 6.07) is 2.16. The molecule has 0 fully saturated rings. The maximum absolute atomic E-state index is 5.65. The van der Waals surface area contributed by atoms with Crippen molar-refractivity contribution >= 4 is 11.4 Å². The Morgan fingerprint density at radius 1 is 1.44 bits per heavy atom. The maximum Gasteiger partial charge on any atom is 0.0946 e. The van der Waals surface area contributed by atoms with Crippen molar-refractivity contribution in [2.75, 3.05) is 11.1 Å². The lowest BCUT2D eigenvalue weighted by Crippen LogP contribution is -2.21. The van der Waals surface area contributed by atoms with Crippen LogP contribution in [-0.4, -0.2) is 20.6 Å². The number of imidazole rings is 1. The first-order valence-electron chi connectivity index (χ1n) is 5.17. The van der Waals surface area contributed by atoms with Gasteiger partial charge in [-0.2, -0.15) is 0 Å². The lowest BCUT2D eigenvalue weighted by atomic mass is 10.3. The summed E-state index contributed by atoms with van der Waals surface area (Å²) >= 11 is 0. The van der Waals surface area contributed by atoms with Gasteiger partial charge in [0.1, 0.15) is 0 Å². The van der Waals surface area contributed by atoms with E-state index in [-0.39, 0.29) is 6.04 Å². The fourth-order valence-corrected chi connectivity index (χ4v) is 1.58. The maximum atomic E-state index is 5.65. The molecule has 0 saturated carbocycles. The Kier molecular flexibility index (Phi) is 3.05. The van der Waals surface area contributed by atoms with Gasteiger partial charge in [0.05, 0.1) is 23.9 Å². The Balaban J connectivity index is 1.94. The second-order valence-electron chi connectivity index (χ2n) is 3.81. The Bertz CT molecular complexity index is 437. The molecule has 2 aromatic rings. The minimum Gasteiger partial charge on any atom is -0.397 e. The van der Waals surface area contributed by atoms with E-state index in [1.807, 2.05) is 16.8 Å². The number of nitrogens with two attached hydrogens (primary N) is 1. The highest BCUT2D eigenvalue weighted by Crippen LogP contribution is 2.11. The molecule has 0 amide bonds. The van der Waals surface area contributed by atoms with Gasteiger partial charge in [0.25, 0.3) is 0 Å². The zero-order valence-electron chi connectivity index (χ0n) is 9.17. The van der Waals surface area contributed by atoms with Crippen LogP contribution in [0, 0.1) is 0 Å². The molecule has 5 heteroatoms. The lowest BCUT2D eigenvalue weighted by Gasteiger charge is -2.15. The Labute approximate surface area is 94.3 Å². The molecule has 1 atom stereocenters. The van der Waals surface area contributed by atoms with Crippen molar-refractivity contribution in [3.05, 3.63) is 37.2 Å². The van der Waals surface area contributed by atoms with Gasteiger partial charge in [0, 0.05) is 31.2 Å². The number of hydrogen-bond acceptors (Lipinski definition) is 4. The van der Waals surface area contributed by atoms with Crippen molar-refractivity contribution in [1.29, 1.82) is 0 Å². The fraction of sp³-hybridized carbons (Fsp3) is 0.273. The van der Waals surface area contributed by atoms with Crippen molar-refractivity contribution in [3.8, 4) is 0 Å². The zero-order valence-corrected chi connectivity index (χ0v) is 9.17. The van der Waals surface area contributed by atoms with Gasteiger partial charge in [0.15, 0.2) is 0 Å². The second kappa shape index (κ2) is 4.65. The average Bonchev–Trinajstić information content (AvgIpc) is 2.70. The lowest BCUT2D eigenvalue weighted by molar-refractivity contribution is 0.619. The van der Waals surface area contributed by atoms with E-state index in [1.54, 1.807) is 24.9 Å². The summed E-state index contributed by atoms with van der Waals surface area (Å²) in [5, 5.41) is 3.33. The van der Waals surface area contributed by atoms with Crippen molar-refractivity contribution in [2.24, 2.45) is 0 Å². The number of hydrogen-bond donors (Lipinski definition) is 2. The van der Waals surface area contributed by atoms with Gasteiger partial charge in [-0.05, 0) is 13.0 Å². The van der Waals surface area contributed by atoms with Crippen molar-refractivity contribution < 1.29 is 0 Å². The summed E-state index contributed by atoms with van der Waals surface area (Å²) in [7, 11) is 0. The number of nitrogen functional groups attached to an aromatic ring is 1. The van der Waals surface area contributed by atoms with Crippen LogP contribution in [-0.2, 0) is 6.54 Å². The third-order valence-electron chi connectivity index (χ3n) is 2.22. The predicted molar refractivity (Wildman–Crippen MR) is 64.0 cm³/mol. The van der Waals surface area contributed by atoms with E-state index >= 15 is 0 Å². The van der Waals surface area contributed by atoms with Gasteiger partial charge in [0.2, 0.25) is 0 Å². The normalized spacial score (nSPS) is 12.3. The molecule has 2 aromatic heterocycles. The molecule has 0 bridgehead atoms. The first-order chi connectivity index (χ1) is 7.74. The molecule has 0 saturated heterocycles. The Morgan fingerprint density at radius 2 is 2.31 bits per heavy atom. The first-order valence-corrected chi connectivity index (χ1v) is 5.17. The minimum absolute atomic E-state index is 0.290. The predicted octanol–water partition coefficient (Wildman–Crippen LogP) is 1.36. The van der Waals surface area contributed by atoms with E-state index in [9.17, 15) is 0 Å². The van der Waals surface area contributed by atoms with Crippen LogP contribution >= 0.6 is 0 Å². The van der Waals surface area contributed by atoms with Crippen LogP contribution < -0.4 is 11.1 Å². The van der Waals surface area contributed by atoms with E-state index in [4.69, 9.17) is 5.73 Å². The zero-order chi connectivity index (χ0) is 11.4. The van der Waals surface area contributed by atoms with E-state index in [0.717, 1.165) is 12.2 Å². The van der Waals surface area contributed by atoms with Crippen LogP contribution in [0.4, 0.5) is 11.4 Å². The molecule has 0 radical (unpaired) electrons. The van der Waals surface area contributed by atoms with Gasteiger partial charge < -0.3 is 15.6 Å². The molecule has 2 rings (SSSR count). The highest BCUT2D eigenvalue weighted by atomic mass is 15.1. The third-order valence-corrected chi connectivity index (χ3v) is 2.22. The van der Waals surface area contributed by atoms with Gasteiger partial charge >= 0.3 is 0 Å². The fourth-order valence-electron chi connectivity index (χ4n) is 1.58. The summed E-state index contributed by atoms with van der Waals surface area (Å²) in [5.74, 6) is 0. The molecule has 2 heterocycles. The average molecular weight is 217 g/mol. The molecular weight excluding hydrogens is 202 g/mol. The molecule has 0 spiro atoms. The standard InChI is InChI=1S/C11H15N5/c1-9(7-16-3-2-13-8-16)15-11-4-10(12)5-14-6-11/h2-6,8-9,15H,7,12H2,1H3. The smallest absolute Gasteiger partial charge is 0.0946 e. The molecule has 3 N–H and O–H groups in total. The summed E-state index contributed by atoms with van der Waals surface area (Å²) < 4.78 is 2.03. The third kappa shape index (κ3) is 2.73. The van der Waals surface area contributed by atoms with Crippen molar-refractivity contribution in [3.63, 3.8) is 0 Å². The van der Waals surface area contributed by atoms with Crippen molar-refractivity contribution in [1.82, 2.24) is 14.5 Å². The van der Waals surface area contributed by atoms with E-state index in [0.29, 0.717) is 5.69 Å². The number of nitrogens with zero attached hydrogens (tertiary/aromatic N) is 3. The minimum atomic E-state index is 0.290. The molecular formula is C11H15N5. The van der Waals surface area contributed by atoms with E-state index in [2.05, 4.69) is 22.2 Å². The Hall–Kier alpha value is -2.04. The van der Waals surface area contributed by atoms with E-state index < -0.39 is 0 Å². The summed E-state index contributed by atoms with van der Waals surface area (Å²) in [6.45, 7) is 2.96. The molecule has 1 unspecified atom stereocenters. The van der Waals surface area contributed by atoms with Gasteiger partial charge in [-0.1, -0.05) is 0 Å². The molecule has 0 aliphatic heterocycles. The molecule has 5 nitrogen and oxygen atoms in total. The van der Waals surface area contributed by atoms with Crippen LogP contribution in [0.3, 0.4) is 0 Å². The molecule has 16 heavy (non-hydrogen) atoms. The Morgan fingerprint density at radius 3 is 3.00 bits per heavy atom. The number of anilines is 2. The molecule has 84 valence electrons. The molecule has 0 aromatic carbocycles. The number of pyridine rings is 1. The number of rotatable bonds is 4. The largest absolute Gasteiger partial charge is 0.397 e. The van der Waals surface area contributed by atoms with Crippen LogP contribution in [0.5, 0.6) is 0 Å². The first kappa shape index (κ1) is 10.5. The van der Waals surface area contributed by atoms with Gasteiger partial charge in [-0.3, -0.25) is 4.98 Å². The monoisotopic (exact) mass is 217 g/mol. The highest BCUT2D eigenvalue weighted by Gasteiger charge is 2.03. The summed E-state index contributed by atoms with van der Waals surface area (Å²) in [4.78, 5) is 8.03. The SMILES string of the molecule is CC(Cn1ccnc1)Nc1cncc(N)c1. The molecule has 0 aliphatic carbocycles. The summed E-state index contributed by atoms with van der Waals surface area (Å²) in [5.41, 5.74) is 7.26. The van der Waals surface area contributed by atoms with Gasteiger partial charge in [-0.15, -0.1) is 0 Å². The topological polar surface area (TPSA) is 68.8 Å². The van der Waals surface area contributed by atoms with Gasteiger partial charge in [-0.25, -0.2) is 4.98 Å². The van der Waals surface area contributed by atoms with Crippen LogP contribution in [0.15, 0.2) is 37.2 Å². The molecule has 0 aliphatic rings. The van der Waals surface area contributed by atoms with Crippen LogP contribution in [0.25, 0.3) is 0 Å². The number of aromatic nitrogens is 3. The van der Waals surface area contributed by atoms with Crippen LogP contribution in [0.2, 0.25) is 0 Å².